The predicted molar refractivity (Wildman–Crippen MR) is 59.1 cm³/mol. The molecule has 1 unspecified atom stereocenters. The largest absolute Gasteiger partial charge is 0.468 e. The first kappa shape index (κ1) is 11.2. The molecular formula is C12H17NO3. The number of aliphatic hydroxyl groups is 1. The monoisotopic (exact) mass is 223 g/mol. The molecule has 0 amide bonds. The van der Waals surface area contributed by atoms with E-state index >= 15 is 0 Å². The summed E-state index contributed by atoms with van der Waals surface area (Å²) < 4.78 is 6.62. The highest BCUT2D eigenvalue weighted by Crippen LogP contribution is 2.32. The first-order valence-corrected chi connectivity index (χ1v) is 5.57. The SMILES string of the molecule is COC(=O)Cn1c(C)cc2c1CCCC2O. The lowest BCUT2D eigenvalue weighted by Crippen LogP contribution is -2.17. The molecule has 0 radical (unpaired) electrons. The number of aryl methyl sites for hydroxylation is 1. The second kappa shape index (κ2) is 4.29. The number of fused-ring (bicyclic) bond motifs is 1. The normalized spacial score (nSPS) is 19.3. The van der Waals surface area contributed by atoms with Crippen LogP contribution in [0.5, 0.6) is 0 Å². The minimum Gasteiger partial charge on any atom is -0.468 e. The average Bonchev–Trinajstić information content (AvgIpc) is 2.58. The van der Waals surface area contributed by atoms with E-state index < -0.39 is 0 Å². The fourth-order valence-electron chi connectivity index (χ4n) is 2.35. The van der Waals surface area contributed by atoms with Gasteiger partial charge in [0.05, 0.1) is 13.2 Å². The minimum atomic E-state index is -0.374. The van der Waals surface area contributed by atoms with Crippen molar-refractivity contribution in [1.82, 2.24) is 4.57 Å². The summed E-state index contributed by atoms with van der Waals surface area (Å²) in [5.41, 5.74) is 3.07. The van der Waals surface area contributed by atoms with Crippen molar-refractivity contribution in [3.63, 3.8) is 0 Å². The standard InChI is InChI=1S/C12H17NO3/c1-8-6-9-10(4-3-5-11(9)14)13(8)7-12(15)16-2/h6,11,14H,3-5,7H2,1-2H3. The van der Waals surface area contributed by atoms with E-state index in [1.165, 1.54) is 7.11 Å². The van der Waals surface area contributed by atoms with Crippen molar-refractivity contribution in [2.45, 2.75) is 38.8 Å². The van der Waals surface area contributed by atoms with Crippen molar-refractivity contribution in [2.24, 2.45) is 0 Å². The maximum atomic E-state index is 11.3. The number of aromatic nitrogens is 1. The summed E-state index contributed by atoms with van der Waals surface area (Å²) >= 11 is 0. The van der Waals surface area contributed by atoms with Crippen LogP contribution in [0.15, 0.2) is 6.07 Å². The Morgan fingerprint density at radius 1 is 1.69 bits per heavy atom. The van der Waals surface area contributed by atoms with Crippen molar-refractivity contribution in [3.05, 3.63) is 23.0 Å². The fraction of sp³-hybridized carbons (Fsp3) is 0.583. The molecule has 0 spiro atoms. The quantitative estimate of drug-likeness (QED) is 0.770. The van der Waals surface area contributed by atoms with Crippen LogP contribution < -0.4 is 0 Å². The van der Waals surface area contributed by atoms with E-state index in [9.17, 15) is 9.90 Å². The Labute approximate surface area is 94.8 Å². The van der Waals surface area contributed by atoms with Crippen molar-refractivity contribution in [3.8, 4) is 0 Å². The lowest BCUT2D eigenvalue weighted by Gasteiger charge is -2.20. The van der Waals surface area contributed by atoms with Crippen molar-refractivity contribution in [1.29, 1.82) is 0 Å². The lowest BCUT2D eigenvalue weighted by molar-refractivity contribution is -0.141. The number of esters is 1. The highest BCUT2D eigenvalue weighted by molar-refractivity contribution is 5.69. The maximum Gasteiger partial charge on any atom is 0.325 e. The molecule has 0 saturated heterocycles. The van der Waals surface area contributed by atoms with Gasteiger partial charge in [-0.1, -0.05) is 0 Å². The van der Waals surface area contributed by atoms with Crippen LogP contribution in [-0.2, 0) is 22.5 Å². The number of hydrogen-bond donors (Lipinski definition) is 1. The Hall–Kier alpha value is -1.29. The smallest absolute Gasteiger partial charge is 0.325 e. The zero-order valence-electron chi connectivity index (χ0n) is 9.69. The van der Waals surface area contributed by atoms with Gasteiger partial charge in [-0.05, 0) is 32.3 Å². The number of nitrogens with zero attached hydrogens (tertiary/aromatic N) is 1. The van der Waals surface area contributed by atoms with Gasteiger partial charge in [0.25, 0.3) is 0 Å². The van der Waals surface area contributed by atoms with Crippen LogP contribution in [0.1, 0.15) is 35.9 Å². The van der Waals surface area contributed by atoms with Crippen molar-refractivity contribution < 1.29 is 14.6 Å². The number of hydrogen-bond acceptors (Lipinski definition) is 3. The van der Waals surface area contributed by atoms with Crippen molar-refractivity contribution >= 4 is 5.97 Å². The van der Waals surface area contributed by atoms with Crippen LogP contribution in [0, 0.1) is 6.92 Å². The molecule has 1 aliphatic rings. The first-order valence-electron chi connectivity index (χ1n) is 5.57. The number of carbonyl (C=O) groups is 1. The Balaban J connectivity index is 2.34. The van der Waals surface area contributed by atoms with Gasteiger partial charge in [0.2, 0.25) is 0 Å². The molecule has 0 aliphatic heterocycles. The Bertz CT molecular complexity index is 409. The Morgan fingerprint density at radius 2 is 2.44 bits per heavy atom. The molecule has 4 heteroatoms. The second-order valence-corrected chi connectivity index (χ2v) is 4.26. The number of methoxy groups -OCH3 is 1. The molecule has 0 fully saturated rings. The minimum absolute atomic E-state index is 0.240. The van der Waals surface area contributed by atoms with Crippen LogP contribution >= 0.6 is 0 Å². The molecule has 88 valence electrons. The third-order valence-corrected chi connectivity index (χ3v) is 3.21. The maximum absolute atomic E-state index is 11.3. The average molecular weight is 223 g/mol. The second-order valence-electron chi connectivity index (χ2n) is 4.26. The summed E-state index contributed by atoms with van der Waals surface area (Å²) in [7, 11) is 1.39. The van der Waals surface area contributed by atoms with E-state index in [0.29, 0.717) is 0 Å². The van der Waals surface area contributed by atoms with Gasteiger partial charge in [-0.2, -0.15) is 0 Å². The van der Waals surface area contributed by atoms with Gasteiger partial charge in [0.15, 0.2) is 0 Å². The molecule has 1 atom stereocenters. The molecule has 4 nitrogen and oxygen atoms in total. The van der Waals surface area contributed by atoms with Crippen LogP contribution in [-0.4, -0.2) is 22.8 Å². The summed E-state index contributed by atoms with van der Waals surface area (Å²) in [6.45, 7) is 2.19. The van der Waals surface area contributed by atoms with Gasteiger partial charge in [-0.25, -0.2) is 0 Å². The molecule has 1 aromatic rings. The van der Waals surface area contributed by atoms with Gasteiger partial charge < -0.3 is 14.4 Å². The summed E-state index contributed by atoms with van der Waals surface area (Å²) in [5, 5.41) is 9.86. The van der Waals surface area contributed by atoms with Crippen LogP contribution in [0.3, 0.4) is 0 Å². The first-order chi connectivity index (χ1) is 7.63. The van der Waals surface area contributed by atoms with Crippen LogP contribution in [0.2, 0.25) is 0 Å². The van der Waals surface area contributed by atoms with E-state index in [1.807, 2.05) is 17.6 Å². The molecule has 1 aliphatic carbocycles. The summed E-state index contributed by atoms with van der Waals surface area (Å²) in [5.74, 6) is -0.249. The summed E-state index contributed by atoms with van der Waals surface area (Å²) in [6.07, 6.45) is 2.34. The van der Waals surface area contributed by atoms with Gasteiger partial charge in [0.1, 0.15) is 6.54 Å². The van der Waals surface area contributed by atoms with Crippen LogP contribution in [0.4, 0.5) is 0 Å². The highest BCUT2D eigenvalue weighted by Gasteiger charge is 2.23. The molecule has 0 bridgehead atoms. The molecule has 16 heavy (non-hydrogen) atoms. The number of ether oxygens (including phenoxy) is 1. The molecule has 0 aromatic carbocycles. The third-order valence-electron chi connectivity index (χ3n) is 3.21. The Kier molecular flexibility index (Phi) is 3.01. The molecule has 1 aromatic heterocycles. The molecular weight excluding hydrogens is 206 g/mol. The molecule has 1 N–H and O–H groups in total. The summed E-state index contributed by atoms with van der Waals surface area (Å²) in [6, 6.07) is 1.97. The fourth-order valence-corrected chi connectivity index (χ4v) is 2.35. The molecule has 2 rings (SSSR count). The Morgan fingerprint density at radius 3 is 3.12 bits per heavy atom. The topological polar surface area (TPSA) is 51.5 Å². The van der Waals surface area contributed by atoms with Crippen molar-refractivity contribution in [2.75, 3.05) is 7.11 Å². The van der Waals surface area contributed by atoms with E-state index in [1.54, 1.807) is 0 Å². The van der Waals surface area contributed by atoms with E-state index in [2.05, 4.69) is 4.74 Å². The highest BCUT2D eigenvalue weighted by atomic mass is 16.5. The van der Waals surface area contributed by atoms with Gasteiger partial charge in [-0.3, -0.25) is 4.79 Å². The van der Waals surface area contributed by atoms with Crippen LogP contribution in [0.25, 0.3) is 0 Å². The zero-order chi connectivity index (χ0) is 11.7. The number of aliphatic hydroxyl groups excluding tert-OH is 1. The van der Waals surface area contributed by atoms with E-state index in [0.717, 1.165) is 36.2 Å². The zero-order valence-corrected chi connectivity index (χ0v) is 9.69. The number of rotatable bonds is 2. The predicted octanol–water partition coefficient (Wildman–Crippen LogP) is 1.34. The van der Waals surface area contributed by atoms with Gasteiger partial charge in [-0.15, -0.1) is 0 Å². The summed E-state index contributed by atoms with van der Waals surface area (Å²) in [4.78, 5) is 11.3. The third kappa shape index (κ3) is 1.85. The van der Waals surface area contributed by atoms with Gasteiger partial charge in [0, 0.05) is 17.0 Å². The van der Waals surface area contributed by atoms with Gasteiger partial charge >= 0.3 is 5.97 Å². The number of carbonyl (C=O) groups excluding carboxylic acids is 1. The molecule has 1 heterocycles. The lowest BCUT2D eigenvalue weighted by atomic mass is 9.95. The molecule has 0 saturated carbocycles. The van der Waals surface area contributed by atoms with E-state index in [4.69, 9.17) is 0 Å². The van der Waals surface area contributed by atoms with E-state index in [-0.39, 0.29) is 18.6 Å².